The molecule has 24 heteroatoms. The molecule has 398 valence electrons. The minimum Gasteiger partial charge on any atom is -0.427 e. The topological polar surface area (TPSA) is 296 Å². The Bertz CT molecular complexity index is 2410. The van der Waals surface area contributed by atoms with E-state index in [0.717, 1.165) is 13.8 Å². The summed E-state index contributed by atoms with van der Waals surface area (Å²) in [5.41, 5.74) is 0.683. The standard InChI is InChI=1S/C50H60N6O16S2/c1-25(57)69-31-21-17-29(18-22-31)35(41(63)53-37-43(65)55-39(47(67)71-27(3)59)49(5,6)73-45(37)55)51-33(61)15-13-11-9-10-12-14-16-34(62)52-36(30-19-23-32(24-20-30)70-26(2)58)42(64)54-38-44(66)56-40(48(68)72-28(4)60)50(7,8)74-46(38)56/h17-24,35-40,45-46H,9-16H2,1-8H3,(H,51,61)(H,52,62)(H,53,63)(H,54,64)/t35-,36+,37+,38-,39-,40+,45?,46?. The van der Waals surface area contributed by atoms with E-state index in [-0.39, 0.29) is 24.3 Å². The van der Waals surface area contributed by atoms with Crippen LogP contribution in [0, 0.1) is 0 Å². The smallest absolute Gasteiger partial charge is 0.337 e. The van der Waals surface area contributed by atoms with Gasteiger partial charge in [-0.25, -0.2) is 9.59 Å². The molecule has 4 heterocycles. The number of hydrogen-bond donors (Lipinski definition) is 4. The van der Waals surface area contributed by atoms with Gasteiger partial charge in [0.2, 0.25) is 35.4 Å². The number of benzene rings is 2. The summed E-state index contributed by atoms with van der Waals surface area (Å²) >= 11 is 2.53. The van der Waals surface area contributed by atoms with Gasteiger partial charge in [-0.2, -0.15) is 0 Å². The number of fused-ring (bicyclic) bond motifs is 2. The summed E-state index contributed by atoms with van der Waals surface area (Å²) in [7, 11) is 0. The van der Waals surface area contributed by atoms with Crippen molar-refractivity contribution in [1.29, 1.82) is 0 Å². The van der Waals surface area contributed by atoms with Crippen LogP contribution in [0.25, 0.3) is 0 Å². The highest BCUT2D eigenvalue weighted by molar-refractivity contribution is 8.02. The van der Waals surface area contributed by atoms with Crippen molar-refractivity contribution in [2.45, 2.75) is 163 Å². The van der Waals surface area contributed by atoms with E-state index in [4.69, 9.17) is 18.9 Å². The molecule has 0 spiro atoms. The summed E-state index contributed by atoms with van der Waals surface area (Å²) in [4.78, 5) is 155. The second-order valence-corrected chi connectivity index (χ2v) is 22.8. The number of nitrogens with one attached hydrogen (secondary N) is 4. The van der Waals surface area contributed by atoms with Crippen molar-refractivity contribution in [2.75, 3.05) is 0 Å². The predicted molar refractivity (Wildman–Crippen MR) is 264 cm³/mol. The molecule has 0 radical (unpaired) electrons. The molecule has 2 unspecified atom stereocenters. The van der Waals surface area contributed by atoms with Gasteiger partial charge in [0.15, 0.2) is 0 Å². The van der Waals surface area contributed by atoms with E-state index in [1.54, 1.807) is 27.7 Å². The Balaban J connectivity index is 0.982. The van der Waals surface area contributed by atoms with Gasteiger partial charge < -0.3 is 50.0 Å². The maximum atomic E-state index is 13.9. The number of nitrogens with zero attached hydrogens (tertiary/aromatic N) is 2. The lowest BCUT2D eigenvalue weighted by Crippen LogP contribution is -2.71. The fourth-order valence-corrected chi connectivity index (χ4v) is 12.5. The van der Waals surface area contributed by atoms with Crippen LogP contribution in [0.2, 0.25) is 0 Å². The highest BCUT2D eigenvalue weighted by atomic mass is 32.2. The van der Waals surface area contributed by atoms with E-state index in [0.29, 0.717) is 49.7 Å². The van der Waals surface area contributed by atoms with Crippen molar-refractivity contribution in [3.63, 3.8) is 0 Å². The maximum absolute atomic E-state index is 13.9. The van der Waals surface area contributed by atoms with E-state index in [1.807, 2.05) is 0 Å². The van der Waals surface area contributed by atoms with Crippen molar-refractivity contribution < 1.29 is 76.5 Å². The van der Waals surface area contributed by atoms with Crippen LogP contribution in [-0.4, -0.2) is 125 Å². The van der Waals surface area contributed by atoms with Gasteiger partial charge >= 0.3 is 35.8 Å². The van der Waals surface area contributed by atoms with Gasteiger partial charge in [-0.3, -0.25) is 47.9 Å². The Morgan fingerprint density at radius 1 is 0.514 bits per heavy atom. The first kappa shape index (κ1) is 56.5. The van der Waals surface area contributed by atoms with E-state index in [2.05, 4.69) is 21.3 Å². The molecule has 74 heavy (non-hydrogen) atoms. The van der Waals surface area contributed by atoms with Crippen LogP contribution in [0.5, 0.6) is 11.5 Å². The van der Waals surface area contributed by atoms with Crippen LogP contribution in [0.15, 0.2) is 48.5 Å². The molecule has 2 aromatic rings. The average Bonchev–Trinajstić information content (AvgIpc) is 3.72. The number of thioether (sulfide) groups is 2. The molecule has 4 saturated heterocycles. The number of carbonyl (C=O) groups excluding carboxylic acids is 12. The number of esters is 6. The van der Waals surface area contributed by atoms with Gasteiger partial charge in [0, 0.05) is 50.0 Å². The van der Waals surface area contributed by atoms with Gasteiger partial charge in [0.1, 0.15) is 58.5 Å². The van der Waals surface area contributed by atoms with Gasteiger partial charge in [-0.15, -0.1) is 23.5 Å². The summed E-state index contributed by atoms with van der Waals surface area (Å²) < 4.78 is 18.1. The Morgan fingerprint density at radius 2 is 0.838 bits per heavy atom. The molecule has 2 aromatic carbocycles. The summed E-state index contributed by atoms with van der Waals surface area (Å²) in [5, 5.41) is 9.68. The first-order valence-corrected chi connectivity index (χ1v) is 25.8. The maximum Gasteiger partial charge on any atom is 0.337 e. The lowest BCUT2D eigenvalue weighted by atomic mass is 9.95. The quantitative estimate of drug-likeness (QED) is 0.0459. The number of ether oxygens (including phenoxy) is 4. The summed E-state index contributed by atoms with van der Waals surface area (Å²) in [5.74, 6) is -7.46. The first-order chi connectivity index (χ1) is 34.8. The van der Waals surface area contributed by atoms with Gasteiger partial charge in [-0.1, -0.05) is 49.9 Å². The minimum absolute atomic E-state index is 0.0560. The molecule has 0 aromatic heterocycles. The number of rotatable bonds is 21. The van der Waals surface area contributed by atoms with Crippen molar-refractivity contribution in [3.8, 4) is 11.5 Å². The number of unbranched alkanes of at least 4 members (excludes halogenated alkanes) is 5. The van der Waals surface area contributed by atoms with E-state index < -0.39 is 128 Å². The highest BCUT2D eigenvalue weighted by Gasteiger charge is 2.66. The summed E-state index contributed by atoms with van der Waals surface area (Å²) in [6, 6.07) is 5.17. The zero-order valence-corrected chi connectivity index (χ0v) is 43.8. The molecule has 8 atom stereocenters. The van der Waals surface area contributed by atoms with Gasteiger partial charge in [-0.05, 0) is 75.9 Å². The summed E-state index contributed by atoms with van der Waals surface area (Å²) in [6.07, 6.45) is 3.73. The van der Waals surface area contributed by atoms with Crippen molar-refractivity contribution in [3.05, 3.63) is 59.7 Å². The molecular formula is C50H60N6O16S2. The van der Waals surface area contributed by atoms with Gasteiger partial charge in [0.05, 0.1) is 0 Å². The summed E-state index contributed by atoms with van der Waals surface area (Å²) in [6.45, 7) is 11.5. The number of amides is 6. The molecule has 6 rings (SSSR count). The average molecular weight is 1070 g/mol. The number of β-lactam (4-membered cyclic amide) rings is 2. The normalized spacial score (nSPS) is 22.5. The molecule has 22 nitrogen and oxygen atoms in total. The lowest BCUT2D eigenvalue weighted by molar-refractivity contribution is -0.170. The van der Waals surface area contributed by atoms with Crippen LogP contribution in [-0.2, 0) is 67.0 Å². The highest BCUT2D eigenvalue weighted by Crippen LogP contribution is 2.52. The largest absolute Gasteiger partial charge is 0.427 e. The number of carbonyl (C=O) groups is 12. The van der Waals surface area contributed by atoms with Crippen molar-refractivity contribution in [2.24, 2.45) is 0 Å². The molecule has 0 saturated carbocycles. The van der Waals surface area contributed by atoms with Crippen LogP contribution in [0.1, 0.15) is 130 Å². The second-order valence-electron chi connectivity index (χ2n) is 19.3. The third-order valence-electron chi connectivity index (χ3n) is 12.6. The molecule has 0 aliphatic carbocycles. The fourth-order valence-electron chi connectivity index (χ4n) is 9.25. The minimum atomic E-state index is -1.25. The zero-order valence-electron chi connectivity index (χ0n) is 42.1. The molecule has 0 bridgehead atoms. The Kier molecular flexibility index (Phi) is 18.0. The van der Waals surface area contributed by atoms with Gasteiger partial charge in [0.25, 0.3) is 0 Å². The van der Waals surface area contributed by atoms with Crippen LogP contribution >= 0.6 is 23.5 Å². The Morgan fingerprint density at radius 3 is 1.15 bits per heavy atom. The van der Waals surface area contributed by atoms with E-state index in [1.165, 1.54) is 95.7 Å². The monoisotopic (exact) mass is 1060 g/mol. The second kappa shape index (κ2) is 23.6. The first-order valence-electron chi connectivity index (χ1n) is 24.0. The SMILES string of the molecule is CC(=O)OC(=O)[C@@H]1N2C(=O)[C@@H](NC(=O)[C@@H](NC(=O)CCCCCCCCC(=O)N[C@@H](C(=O)N[C@H]3C(=O)N4C3SC(C)(C)[C@H]4C(=O)OC(C)=O)c3ccc(OC(C)=O)cc3)c3ccc(OC(C)=O)cc3)C2SC1(C)C. The predicted octanol–water partition coefficient (Wildman–Crippen LogP) is 2.95. The van der Waals surface area contributed by atoms with Crippen molar-refractivity contribution in [1.82, 2.24) is 31.1 Å². The van der Waals surface area contributed by atoms with Crippen LogP contribution < -0.4 is 30.7 Å². The molecule has 4 aliphatic rings. The van der Waals surface area contributed by atoms with Crippen LogP contribution in [0.3, 0.4) is 0 Å². The van der Waals surface area contributed by atoms with E-state index >= 15 is 0 Å². The lowest BCUT2D eigenvalue weighted by Gasteiger charge is -2.44. The fraction of sp³-hybridized carbons (Fsp3) is 0.520. The Labute approximate surface area is 435 Å². The molecule has 4 aliphatic heterocycles. The third-order valence-corrected chi connectivity index (χ3v) is 15.7. The van der Waals surface area contributed by atoms with E-state index in [9.17, 15) is 57.5 Å². The molecule has 4 N–H and O–H groups in total. The number of hydrogen-bond acceptors (Lipinski definition) is 18. The zero-order chi connectivity index (χ0) is 54.4. The van der Waals surface area contributed by atoms with Crippen molar-refractivity contribution >= 4 is 94.8 Å². The molecule has 6 amide bonds. The third kappa shape index (κ3) is 13.3. The molecule has 4 fully saturated rings. The molecular weight excluding hydrogens is 1000 g/mol. The Hall–Kier alpha value is -6.82. The van der Waals surface area contributed by atoms with Crippen LogP contribution in [0.4, 0.5) is 0 Å².